The Morgan fingerprint density at radius 3 is 1.93 bits per heavy atom. The van der Waals surface area contributed by atoms with E-state index in [-0.39, 0.29) is 0 Å². The van der Waals surface area contributed by atoms with E-state index in [2.05, 4.69) is 6.92 Å². The van der Waals surface area contributed by atoms with Gasteiger partial charge in [-0.2, -0.15) is 0 Å². The Bertz CT molecular complexity index is 139. The Hall–Kier alpha value is 0.190. The van der Waals surface area contributed by atoms with Crippen molar-refractivity contribution in [2.24, 2.45) is 0 Å². The second kappa shape index (κ2) is 9.42. The van der Waals surface area contributed by atoms with Gasteiger partial charge in [0, 0.05) is 0 Å². The number of unbranched alkanes of at least 4 members (excludes halogenated alkanes) is 2. The van der Waals surface area contributed by atoms with Crippen LogP contribution in [0.5, 0.6) is 0 Å². The van der Waals surface area contributed by atoms with E-state index in [1.807, 2.05) is 0 Å². The summed E-state index contributed by atoms with van der Waals surface area (Å²) in [5.74, 6) is 0. The Morgan fingerprint density at radius 1 is 0.933 bits per heavy atom. The molecule has 0 aliphatic rings. The summed E-state index contributed by atoms with van der Waals surface area (Å²) in [6, 6.07) is 0. The molecule has 0 saturated carbocycles. The first-order valence-corrected chi connectivity index (χ1v) is 6.92. The van der Waals surface area contributed by atoms with Crippen molar-refractivity contribution in [3.63, 3.8) is 0 Å². The quantitative estimate of drug-likeness (QED) is 0.296. The molecule has 0 heterocycles. The van der Waals surface area contributed by atoms with Crippen molar-refractivity contribution >= 4 is 7.94 Å². The maximum absolute atomic E-state index is 9.06. The first-order valence-electron chi connectivity index (χ1n) is 4.99. The molecule has 0 aromatic carbocycles. The van der Waals surface area contributed by atoms with Gasteiger partial charge in [-0.05, 0) is 0 Å². The molecule has 0 rings (SSSR count). The van der Waals surface area contributed by atoms with Crippen LogP contribution in [0.3, 0.4) is 0 Å². The molecule has 94 valence electrons. The standard InChI is InChI=1S/C8H21O6P/c1-2-3-4-5-12-15(8-11,13-6-9)14-7-10/h9-11,15H,2-8H2,1H3. The molecular formula is C8H21O6P. The Balaban J connectivity index is 3.96. The zero-order valence-electron chi connectivity index (χ0n) is 9.02. The monoisotopic (exact) mass is 244 g/mol. The van der Waals surface area contributed by atoms with Gasteiger partial charge >= 0.3 is 89.6 Å². The summed E-state index contributed by atoms with van der Waals surface area (Å²) < 4.78 is 15.0. The van der Waals surface area contributed by atoms with Gasteiger partial charge in [-0.15, -0.1) is 0 Å². The topological polar surface area (TPSA) is 88.4 Å². The molecule has 0 bridgehead atoms. The number of aliphatic hydroxyl groups is 3. The van der Waals surface area contributed by atoms with E-state index in [0.29, 0.717) is 6.61 Å². The van der Waals surface area contributed by atoms with Crippen LogP contribution < -0.4 is 0 Å². The summed E-state index contributed by atoms with van der Waals surface area (Å²) in [5, 5.41) is 26.3. The van der Waals surface area contributed by atoms with Crippen molar-refractivity contribution < 1.29 is 28.9 Å². The summed E-state index contributed by atoms with van der Waals surface area (Å²) in [4.78, 5) is 0. The molecule has 0 aliphatic carbocycles. The Kier molecular flexibility index (Phi) is 9.54. The van der Waals surface area contributed by atoms with E-state index in [0.717, 1.165) is 19.3 Å². The molecule has 0 saturated heterocycles. The number of hydrogen-bond donors (Lipinski definition) is 3. The summed E-state index contributed by atoms with van der Waals surface area (Å²) in [6.07, 6.45) is 2.43. The fourth-order valence-corrected chi connectivity index (χ4v) is 2.41. The fourth-order valence-electron chi connectivity index (χ4n) is 1.04. The van der Waals surface area contributed by atoms with Crippen molar-refractivity contribution in [3.05, 3.63) is 0 Å². The fraction of sp³-hybridized carbons (Fsp3) is 1.00. The molecule has 0 aliphatic heterocycles. The average Bonchev–Trinajstić information content (AvgIpc) is 2.25. The molecule has 0 atom stereocenters. The second-order valence-electron chi connectivity index (χ2n) is 2.94. The van der Waals surface area contributed by atoms with Gasteiger partial charge in [0.05, 0.1) is 0 Å². The Morgan fingerprint density at radius 2 is 1.53 bits per heavy atom. The molecular weight excluding hydrogens is 223 g/mol. The minimum atomic E-state index is -3.26. The zero-order valence-corrected chi connectivity index (χ0v) is 10.0. The summed E-state index contributed by atoms with van der Waals surface area (Å²) in [5.41, 5.74) is 0. The van der Waals surface area contributed by atoms with Crippen LogP contribution in [0.25, 0.3) is 0 Å². The van der Waals surface area contributed by atoms with Crippen molar-refractivity contribution in [1.82, 2.24) is 0 Å². The zero-order chi connectivity index (χ0) is 11.6. The van der Waals surface area contributed by atoms with Crippen LogP contribution in [0.4, 0.5) is 0 Å². The van der Waals surface area contributed by atoms with Crippen molar-refractivity contribution in [2.45, 2.75) is 26.2 Å². The van der Waals surface area contributed by atoms with Crippen LogP contribution in [0.15, 0.2) is 0 Å². The maximum atomic E-state index is 9.06. The Labute approximate surface area is 90.4 Å². The molecule has 0 aromatic heterocycles. The van der Waals surface area contributed by atoms with Gasteiger partial charge in [-0.1, -0.05) is 0 Å². The predicted molar refractivity (Wildman–Crippen MR) is 57.2 cm³/mol. The van der Waals surface area contributed by atoms with Crippen molar-refractivity contribution in [2.75, 3.05) is 26.5 Å². The molecule has 0 amide bonds. The van der Waals surface area contributed by atoms with Crippen molar-refractivity contribution in [3.8, 4) is 0 Å². The van der Waals surface area contributed by atoms with Crippen molar-refractivity contribution in [1.29, 1.82) is 0 Å². The molecule has 0 spiro atoms. The van der Waals surface area contributed by atoms with E-state index in [1.165, 1.54) is 0 Å². The van der Waals surface area contributed by atoms with Crippen LogP contribution >= 0.6 is 7.94 Å². The third-order valence-corrected chi connectivity index (χ3v) is 4.00. The molecule has 0 fully saturated rings. The van der Waals surface area contributed by atoms with E-state index in [9.17, 15) is 0 Å². The van der Waals surface area contributed by atoms with Gasteiger partial charge in [0.2, 0.25) is 0 Å². The SMILES string of the molecule is CCCCCO[PH](CO)(OCO)OCO. The number of aliphatic hydroxyl groups excluding tert-OH is 3. The third kappa shape index (κ3) is 6.37. The minimum absolute atomic E-state index is 0.390. The predicted octanol–water partition coefficient (Wildman–Crippen LogP) is 0.571. The van der Waals surface area contributed by atoms with Crippen LogP contribution in [-0.4, -0.2) is 41.9 Å². The average molecular weight is 244 g/mol. The molecule has 0 unspecified atom stereocenters. The summed E-state index contributed by atoms with van der Waals surface area (Å²) in [7, 11) is -3.26. The normalized spacial score (nSPS) is 13.1. The van der Waals surface area contributed by atoms with Gasteiger partial charge in [0.25, 0.3) is 0 Å². The third-order valence-electron chi connectivity index (χ3n) is 1.83. The van der Waals surface area contributed by atoms with Crippen LogP contribution in [0.2, 0.25) is 0 Å². The van der Waals surface area contributed by atoms with Gasteiger partial charge in [-0.25, -0.2) is 0 Å². The van der Waals surface area contributed by atoms with Crippen LogP contribution in [0, 0.1) is 0 Å². The van der Waals surface area contributed by atoms with E-state index in [1.54, 1.807) is 0 Å². The van der Waals surface area contributed by atoms with E-state index in [4.69, 9.17) is 28.9 Å². The molecule has 0 radical (unpaired) electrons. The second-order valence-corrected chi connectivity index (χ2v) is 5.49. The summed E-state index contributed by atoms with van der Waals surface area (Å²) in [6.45, 7) is 1.26. The number of hydrogen-bond acceptors (Lipinski definition) is 6. The van der Waals surface area contributed by atoms with Crippen LogP contribution in [-0.2, 0) is 13.6 Å². The first-order chi connectivity index (χ1) is 7.24. The summed E-state index contributed by atoms with van der Waals surface area (Å²) >= 11 is 0. The molecule has 7 heteroatoms. The number of rotatable bonds is 10. The van der Waals surface area contributed by atoms with E-state index >= 15 is 0 Å². The first kappa shape index (κ1) is 15.2. The van der Waals surface area contributed by atoms with Crippen LogP contribution in [0.1, 0.15) is 26.2 Å². The molecule has 6 nitrogen and oxygen atoms in total. The van der Waals surface area contributed by atoms with Gasteiger partial charge in [0.1, 0.15) is 0 Å². The van der Waals surface area contributed by atoms with Gasteiger partial charge in [0.15, 0.2) is 0 Å². The van der Waals surface area contributed by atoms with Gasteiger partial charge < -0.3 is 0 Å². The molecule has 15 heavy (non-hydrogen) atoms. The van der Waals surface area contributed by atoms with E-state index < -0.39 is 27.9 Å². The molecule has 0 aromatic rings. The molecule has 3 N–H and O–H groups in total. The van der Waals surface area contributed by atoms with Gasteiger partial charge in [-0.3, -0.25) is 0 Å².